The zero-order valence-corrected chi connectivity index (χ0v) is 13.0. The van der Waals surface area contributed by atoms with Crippen LogP contribution in [-0.4, -0.2) is 41.3 Å². The van der Waals surface area contributed by atoms with Gasteiger partial charge in [-0.1, -0.05) is 29.8 Å². The number of carboxylic acid groups (broad SMARTS) is 2. The van der Waals surface area contributed by atoms with E-state index in [-0.39, 0.29) is 5.56 Å². The Labute approximate surface area is 145 Å². The third kappa shape index (κ3) is 2.03. The van der Waals surface area contributed by atoms with Crippen LogP contribution in [0.5, 0.6) is 0 Å². The van der Waals surface area contributed by atoms with Gasteiger partial charge < -0.3 is 19.8 Å². The monoisotopic (exact) mass is 404 g/mol. The number of carbonyl (C=O) groups excluding carboxylic acids is 2. The summed E-state index contributed by atoms with van der Waals surface area (Å²) in [5.41, 5.74) is -19.5. The number of benzene rings is 1. The summed E-state index contributed by atoms with van der Waals surface area (Å²) in [7, 11) is 0. The molecule has 4 atom stereocenters. The van der Waals surface area contributed by atoms with E-state index in [1.54, 1.807) is 0 Å². The first-order valence-corrected chi connectivity index (χ1v) is 7.01. The number of rotatable bonds is 3. The molecule has 0 aliphatic heterocycles. The molecule has 0 bridgehead atoms. The number of carbonyl (C=O) groups is 2. The van der Waals surface area contributed by atoms with Crippen molar-refractivity contribution in [3.05, 3.63) is 35.4 Å². The molecule has 1 saturated carbocycles. The van der Waals surface area contributed by atoms with E-state index in [9.17, 15) is 46.1 Å². The van der Waals surface area contributed by atoms with Crippen molar-refractivity contribution in [2.24, 2.45) is 0 Å². The van der Waals surface area contributed by atoms with E-state index in [4.69, 9.17) is 0 Å². The molecule has 0 aromatic heterocycles. The normalized spacial score (nSPS) is 37.6. The summed E-state index contributed by atoms with van der Waals surface area (Å²) in [5.74, 6) is -21.2. The van der Waals surface area contributed by atoms with Crippen LogP contribution in [0.15, 0.2) is 24.3 Å². The lowest BCUT2D eigenvalue weighted by atomic mass is 9.59. The fourth-order valence-electron chi connectivity index (χ4n) is 2.98. The first-order valence-electron chi connectivity index (χ1n) is 7.01. The molecular formula is C15H8F8O4-2. The lowest BCUT2D eigenvalue weighted by molar-refractivity contribution is -0.420. The lowest BCUT2D eigenvalue weighted by Gasteiger charge is -2.57. The molecule has 0 radical (unpaired) electrons. The van der Waals surface area contributed by atoms with Gasteiger partial charge >= 0.3 is 11.8 Å². The average molecular weight is 404 g/mol. The number of hydrogen-bond donors (Lipinski definition) is 0. The first kappa shape index (κ1) is 20.9. The van der Waals surface area contributed by atoms with Gasteiger partial charge in [-0.25, -0.2) is 17.6 Å². The Morgan fingerprint density at radius 1 is 0.852 bits per heavy atom. The van der Waals surface area contributed by atoms with Gasteiger partial charge in [0.15, 0.2) is 0 Å². The highest BCUT2D eigenvalue weighted by Gasteiger charge is 2.93. The summed E-state index contributed by atoms with van der Waals surface area (Å²) in [6.07, 6.45) is -5.01. The lowest BCUT2D eigenvalue weighted by Crippen LogP contribution is -2.87. The van der Waals surface area contributed by atoms with Crippen LogP contribution in [0.3, 0.4) is 0 Å². The van der Waals surface area contributed by atoms with Crippen LogP contribution in [0.4, 0.5) is 35.1 Å². The van der Waals surface area contributed by atoms with Crippen LogP contribution in [0.25, 0.3) is 0 Å². The Bertz CT molecular complexity index is 798. The minimum Gasteiger partial charge on any atom is -0.546 e. The molecule has 1 aliphatic rings. The molecule has 4 nitrogen and oxygen atoms in total. The minimum absolute atomic E-state index is 0.218. The number of aryl methyl sites for hydroxylation is 1. The third-order valence-electron chi connectivity index (χ3n) is 4.53. The summed E-state index contributed by atoms with van der Waals surface area (Å²) in [6, 6.07) is 2.24. The van der Waals surface area contributed by atoms with Crippen molar-refractivity contribution in [1.29, 1.82) is 0 Å². The highest BCUT2D eigenvalue weighted by Crippen LogP contribution is 2.66. The maximum Gasteiger partial charge on any atom is 0.355 e. The topological polar surface area (TPSA) is 80.3 Å². The average Bonchev–Trinajstić information content (AvgIpc) is 2.57. The van der Waals surface area contributed by atoms with Gasteiger partial charge in [-0.3, -0.25) is 0 Å². The molecule has 1 aromatic rings. The predicted molar refractivity (Wildman–Crippen MR) is 66.4 cm³/mol. The molecule has 150 valence electrons. The van der Waals surface area contributed by atoms with E-state index >= 15 is 8.78 Å². The molecule has 1 aromatic carbocycles. The van der Waals surface area contributed by atoms with E-state index in [0.29, 0.717) is 12.1 Å². The third-order valence-corrected chi connectivity index (χ3v) is 4.53. The minimum atomic E-state index is -6.85. The van der Waals surface area contributed by atoms with Crippen LogP contribution in [-0.2, 0) is 15.3 Å². The number of carboxylic acids is 2. The van der Waals surface area contributed by atoms with Gasteiger partial charge in [0.05, 0.1) is 11.9 Å². The second-order valence-corrected chi connectivity index (χ2v) is 6.03. The van der Waals surface area contributed by atoms with Crippen molar-refractivity contribution in [2.45, 2.75) is 41.9 Å². The number of hydrogen-bond acceptors (Lipinski definition) is 4. The number of aliphatic carboxylic acids is 2. The second kappa shape index (κ2) is 5.55. The van der Waals surface area contributed by atoms with Crippen LogP contribution < -0.4 is 10.2 Å². The van der Waals surface area contributed by atoms with Gasteiger partial charge in [-0.05, 0) is 12.5 Å². The standard InChI is InChI=1S/C15H10F8O4/c1-6-2-4-7(5-3-6)11(17)8(16)14(20,21)15(22,23)13(19,10(26)27)12(11,18)9(24)25/h2-5,8H,1H3,(H,24,25)(H,26,27)/p-2. The van der Waals surface area contributed by atoms with Gasteiger partial charge in [0.1, 0.15) is 0 Å². The molecule has 2 rings (SSSR count). The molecule has 12 heteroatoms. The first-order chi connectivity index (χ1) is 12.0. The Balaban J connectivity index is 3.04. The summed E-state index contributed by atoms with van der Waals surface area (Å²) in [6.45, 7) is 1.31. The van der Waals surface area contributed by atoms with Gasteiger partial charge in [-0.2, -0.15) is 17.6 Å². The quantitative estimate of drug-likeness (QED) is 0.695. The van der Waals surface area contributed by atoms with Gasteiger partial charge in [0, 0.05) is 0 Å². The van der Waals surface area contributed by atoms with Crippen LogP contribution in [0.1, 0.15) is 11.1 Å². The predicted octanol–water partition coefficient (Wildman–Crippen LogP) is 0.699. The highest BCUT2D eigenvalue weighted by molar-refractivity contribution is 5.93. The fraction of sp³-hybridized carbons (Fsp3) is 0.467. The zero-order valence-electron chi connectivity index (χ0n) is 13.0. The smallest absolute Gasteiger partial charge is 0.355 e. The molecule has 1 fully saturated rings. The maximum absolute atomic E-state index is 15.3. The SMILES string of the molecule is Cc1ccc(C2(F)C(F)C(F)(F)C(F)(F)C(F)(C(=O)[O-])C2(F)C(=O)[O-])cc1. The van der Waals surface area contributed by atoms with E-state index in [1.807, 2.05) is 0 Å². The molecule has 0 spiro atoms. The van der Waals surface area contributed by atoms with Crippen molar-refractivity contribution >= 4 is 11.9 Å². The van der Waals surface area contributed by atoms with Crippen LogP contribution in [0, 0.1) is 6.92 Å². The largest absolute Gasteiger partial charge is 0.546 e. The van der Waals surface area contributed by atoms with E-state index in [2.05, 4.69) is 0 Å². The summed E-state index contributed by atoms with van der Waals surface area (Å²) >= 11 is 0. The molecule has 1 aliphatic carbocycles. The Morgan fingerprint density at radius 3 is 1.63 bits per heavy atom. The van der Waals surface area contributed by atoms with Crippen molar-refractivity contribution < 1.29 is 54.9 Å². The summed E-state index contributed by atoms with van der Waals surface area (Å²) < 4.78 is 114. The molecule has 0 saturated heterocycles. The molecule has 0 heterocycles. The fourth-order valence-corrected chi connectivity index (χ4v) is 2.98. The van der Waals surface area contributed by atoms with Gasteiger partial charge in [0.2, 0.25) is 17.5 Å². The van der Waals surface area contributed by atoms with Gasteiger partial charge in [-0.15, -0.1) is 0 Å². The summed E-state index contributed by atoms with van der Waals surface area (Å²) in [5, 5.41) is 22.0. The van der Waals surface area contributed by atoms with E-state index < -0.39 is 52.5 Å². The Morgan fingerprint density at radius 2 is 1.26 bits per heavy atom. The molecular weight excluding hydrogens is 396 g/mol. The van der Waals surface area contributed by atoms with Gasteiger partial charge in [0.25, 0.3) is 5.67 Å². The van der Waals surface area contributed by atoms with Crippen molar-refractivity contribution in [1.82, 2.24) is 0 Å². The van der Waals surface area contributed by atoms with E-state index in [0.717, 1.165) is 12.1 Å². The summed E-state index contributed by atoms with van der Waals surface area (Å²) in [4.78, 5) is 22.0. The van der Waals surface area contributed by atoms with Crippen molar-refractivity contribution in [3.63, 3.8) is 0 Å². The maximum atomic E-state index is 15.3. The number of halogens is 8. The molecule has 27 heavy (non-hydrogen) atoms. The van der Waals surface area contributed by atoms with E-state index in [1.165, 1.54) is 6.92 Å². The molecule has 4 unspecified atom stereocenters. The van der Waals surface area contributed by atoms with Crippen molar-refractivity contribution in [2.75, 3.05) is 0 Å². The highest BCUT2D eigenvalue weighted by atomic mass is 19.3. The Hall–Kier alpha value is -2.40. The van der Waals surface area contributed by atoms with Crippen LogP contribution in [0.2, 0.25) is 0 Å². The Kier molecular flexibility index (Phi) is 4.30. The number of alkyl halides is 8. The zero-order chi connectivity index (χ0) is 21.2. The van der Waals surface area contributed by atoms with Crippen LogP contribution >= 0.6 is 0 Å². The van der Waals surface area contributed by atoms with Crippen molar-refractivity contribution in [3.8, 4) is 0 Å². The molecule has 0 amide bonds. The molecule has 0 N–H and O–H groups in total. The second-order valence-electron chi connectivity index (χ2n) is 6.03.